The van der Waals surface area contributed by atoms with Gasteiger partial charge in [-0.15, -0.1) is 0 Å². The molecule has 1 aliphatic rings. The molecule has 0 spiro atoms. The van der Waals surface area contributed by atoms with E-state index in [1.807, 2.05) is 59.8 Å². The van der Waals surface area contributed by atoms with Gasteiger partial charge >= 0.3 is 0 Å². The van der Waals surface area contributed by atoms with E-state index < -0.39 is 0 Å². The Labute approximate surface area is 182 Å². The summed E-state index contributed by atoms with van der Waals surface area (Å²) in [6.07, 6.45) is 3.62. The third-order valence-corrected chi connectivity index (χ3v) is 5.89. The summed E-state index contributed by atoms with van der Waals surface area (Å²) in [5, 5.41) is 0.903. The second-order valence-corrected chi connectivity index (χ2v) is 7.92. The van der Waals surface area contributed by atoms with Gasteiger partial charge in [-0.05, 0) is 31.2 Å². The summed E-state index contributed by atoms with van der Waals surface area (Å²) in [6, 6.07) is 22.2. The zero-order chi connectivity index (χ0) is 21.2. The minimum Gasteiger partial charge on any atom is -0.368 e. The molecule has 5 nitrogen and oxygen atoms in total. The molecule has 0 saturated carbocycles. The number of benzene rings is 2. The number of amides is 1. The van der Waals surface area contributed by atoms with Crippen LogP contribution in [0.1, 0.15) is 15.9 Å². The van der Waals surface area contributed by atoms with Gasteiger partial charge in [-0.2, -0.15) is 0 Å². The summed E-state index contributed by atoms with van der Waals surface area (Å²) in [7, 11) is 0. The maximum absolute atomic E-state index is 13.6. The predicted octanol–water partition coefficient (Wildman–Crippen LogP) is 4.57. The zero-order valence-electron chi connectivity index (χ0n) is 17.5. The van der Waals surface area contributed by atoms with Crippen molar-refractivity contribution in [3.05, 3.63) is 90.3 Å². The molecule has 2 aromatic carbocycles. The van der Waals surface area contributed by atoms with E-state index in [0.717, 1.165) is 46.5 Å². The quantitative estimate of drug-likeness (QED) is 0.498. The van der Waals surface area contributed by atoms with Crippen molar-refractivity contribution in [2.75, 3.05) is 31.1 Å². The highest BCUT2D eigenvalue weighted by Crippen LogP contribution is 2.27. The van der Waals surface area contributed by atoms with Crippen molar-refractivity contribution in [1.82, 2.24) is 14.9 Å². The predicted molar refractivity (Wildman–Crippen MR) is 124 cm³/mol. The smallest absolute Gasteiger partial charge is 0.254 e. The molecule has 3 heterocycles. The van der Waals surface area contributed by atoms with E-state index in [2.05, 4.69) is 41.1 Å². The van der Waals surface area contributed by atoms with Crippen LogP contribution in [0.2, 0.25) is 0 Å². The Hall–Kier alpha value is -3.73. The molecule has 31 heavy (non-hydrogen) atoms. The van der Waals surface area contributed by atoms with E-state index in [0.29, 0.717) is 13.1 Å². The highest BCUT2D eigenvalue weighted by molar-refractivity contribution is 6.07. The minimum absolute atomic E-state index is 0.0707. The van der Waals surface area contributed by atoms with E-state index >= 15 is 0 Å². The van der Waals surface area contributed by atoms with Gasteiger partial charge in [0, 0.05) is 55.2 Å². The standard InChI is InChI=1S/C26H24N4O/c1-19-6-8-20(9-7-19)25-18-23(22-4-2-3-5-24(22)28-25)26(31)30-16-14-29(15-17-30)21-10-12-27-13-11-21/h2-13,18H,14-17H2,1H3. The number of nitrogens with zero attached hydrogens (tertiary/aromatic N) is 4. The first kappa shape index (κ1) is 19.2. The normalized spacial score (nSPS) is 14.1. The lowest BCUT2D eigenvalue weighted by Crippen LogP contribution is -2.48. The topological polar surface area (TPSA) is 49.3 Å². The zero-order valence-corrected chi connectivity index (χ0v) is 17.5. The number of hydrogen-bond donors (Lipinski definition) is 0. The van der Waals surface area contributed by atoms with Gasteiger partial charge in [-0.25, -0.2) is 4.98 Å². The Morgan fingerprint density at radius 1 is 0.871 bits per heavy atom. The number of aromatic nitrogens is 2. The molecule has 0 radical (unpaired) electrons. The second kappa shape index (κ2) is 8.19. The lowest BCUT2D eigenvalue weighted by Gasteiger charge is -2.36. The van der Waals surface area contributed by atoms with Gasteiger partial charge in [-0.3, -0.25) is 9.78 Å². The molecule has 0 N–H and O–H groups in total. The van der Waals surface area contributed by atoms with Crippen molar-refractivity contribution in [2.45, 2.75) is 6.92 Å². The van der Waals surface area contributed by atoms with E-state index in [1.165, 1.54) is 5.56 Å². The highest BCUT2D eigenvalue weighted by Gasteiger charge is 2.24. The largest absolute Gasteiger partial charge is 0.368 e. The SMILES string of the molecule is Cc1ccc(-c2cc(C(=O)N3CCN(c4ccncc4)CC3)c3ccccc3n2)cc1. The summed E-state index contributed by atoms with van der Waals surface area (Å²) in [5.74, 6) is 0.0707. The maximum atomic E-state index is 13.6. The van der Waals surface area contributed by atoms with Gasteiger partial charge < -0.3 is 9.80 Å². The number of fused-ring (bicyclic) bond motifs is 1. The van der Waals surface area contributed by atoms with Crippen molar-refractivity contribution in [2.24, 2.45) is 0 Å². The molecular formula is C26H24N4O. The van der Waals surface area contributed by atoms with Crippen LogP contribution < -0.4 is 4.90 Å². The summed E-state index contributed by atoms with van der Waals surface area (Å²) in [5.41, 5.74) is 5.77. The Morgan fingerprint density at radius 2 is 1.58 bits per heavy atom. The van der Waals surface area contributed by atoms with Crippen LogP contribution in [0, 0.1) is 6.92 Å². The first-order valence-electron chi connectivity index (χ1n) is 10.6. The van der Waals surface area contributed by atoms with E-state index in [4.69, 9.17) is 4.98 Å². The Kier molecular flexibility index (Phi) is 5.08. The van der Waals surface area contributed by atoms with E-state index in [9.17, 15) is 4.79 Å². The fraction of sp³-hybridized carbons (Fsp3) is 0.192. The second-order valence-electron chi connectivity index (χ2n) is 7.92. The maximum Gasteiger partial charge on any atom is 0.254 e. The average Bonchev–Trinajstić information content (AvgIpc) is 2.84. The van der Waals surface area contributed by atoms with Gasteiger partial charge in [0.2, 0.25) is 0 Å². The molecule has 1 aliphatic heterocycles. The van der Waals surface area contributed by atoms with Crippen LogP contribution in [0.5, 0.6) is 0 Å². The van der Waals surface area contributed by atoms with Crippen molar-refractivity contribution in [3.63, 3.8) is 0 Å². The Balaban J connectivity index is 1.45. The average molecular weight is 409 g/mol. The third-order valence-electron chi connectivity index (χ3n) is 5.89. The first-order valence-corrected chi connectivity index (χ1v) is 10.6. The van der Waals surface area contributed by atoms with Crippen molar-refractivity contribution in [1.29, 1.82) is 0 Å². The highest BCUT2D eigenvalue weighted by atomic mass is 16.2. The summed E-state index contributed by atoms with van der Waals surface area (Å²) in [4.78, 5) is 26.7. The van der Waals surface area contributed by atoms with Crippen LogP contribution in [-0.4, -0.2) is 47.0 Å². The van der Waals surface area contributed by atoms with E-state index in [1.54, 1.807) is 0 Å². The number of hydrogen-bond acceptors (Lipinski definition) is 4. The molecular weight excluding hydrogens is 384 g/mol. The molecule has 0 bridgehead atoms. The molecule has 1 saturated heterocycles. The Morgan fingerprint density at radius 3 is 2.32 bits per heavy atom. The number of piperazine rings is 1. The number of anilines is 1. The fourth-order valence-electron chi connectivity index (χ4n) is 4.12. The van der Waals surface area contributed by atoms with Crippen LogP contribution in [0.15, 0.2) is 79.1 Å². The molecule has 0 atom stereocenters. The van der Waals surface area contributed by atoms with Crippen LogP contribution >= 0.6 is 0 Å². The number of carbonyl (C=O) groups excluding carboxylic acids is 1. The lowest BCUT2D eigenvalue weighted by molar-refractivity contribution is 0.0748. The monoisotopic (exact) mass is 408 g/mol. The van der Waals surface area contributed by atoms with Crippen LogP contribution in [0.25, 0.3) is 22.2 Å². The number of carbonyl (C=O) groups is 1. The van der Waals surface area contributed by atoms with Gasteiger partial charge in [-0.1, -0.05) is 48.0 Å². The molecule has 0 unspecified atom stereocenters. The molecule has 1 fully saturated rings. The minimum atomic E-state index is 0.0707. The molecule has 5 rings (SSSR count). The van der Waals surface area contributed by atoms with Gasteiger partial charge in [0.05, 0.1) is 16.8 Å². The van der Waals surface area contributed by atoms with Gasteiger partial charge in [0.25, 0.3) is 5.91 Å². The third kappa shape index (κ3) is 3.87. The Bertz CT molecular complexity index is 1210. The molecule has 1 amide bonds. The van der Waals surface area contributed by atoms with Crippen molar-refractivity contribution in [3.8, 4) is 11.3 Å². The number of pyridine rings is 2. The molecule has 2 aromatic heterocycles. The number of rotatable bonds is 3. The molecule has 154 valence electrons. The molecule has 0 aliphatic carbocycles. The van der Waals surface area contributed by atoms with Gasteiger partial charge in [0.15, 0.2) is 0 Å². The van der Waals surface area contributed by atoms with Crippen LogP contribution in [0.4, 0.5) is 5.69 Å². The van der Waals surface area contributed by atoms with Crippen LogP contribution in [0.3, 0.4) is 0 Å². The summed E-state index contributed by atoms with van der Waals surface area (Å²) in [6.45, 7) is 5.07. The van der Waals surface area contributed by atoms with E-state index in [-0.39, 0.29) is 5.91 Å². The number of para-hydroxylation sites is 1. The lowest BCUT2D eigenvalue weighted by atomic mass is 10.0. The number of aryl methyl sites for hydroxylation is 1. The summed E-state index contributed by atoms with van der Waals surface area (Å²) < 4.78 is 0. The summed E-state index contributed by atoms with van der Waals surface area (Å²) >= 11 is 0. The van der Waals surface area contributed by atoms with Gasteiger partial charge in [0.1, 0.15) is 0 Å². The molecule has 4 aromatic rings. The fourth-order valence-corrected chi connectivity index (χ4v) is 4.12. The van der Waals surface area contributed by atoms with Crippen LogP contribution in [-0.2, 0) is 0 Å². The molecule has 5 heteroatoms. The van der Waals surface area contributed by atoms with Crippen molar-refractivity contribution >= 4 is 22.5 Å². The first-order chi connectivity index (χ1) is 15.2. The van der Waals surface area contributed by atoms with Crippen molar-refractivity contribution < 1.29 is 4.79 Å².